The van der Waals surface area contributed by atoms with Crippen molar-refractivity contribution in [2.45, 2.75) is 0 Å². The molecular weight excluding hydrogens is 735 g/mol. The van der Waals surface area contributed by atoms with Crippen molar-refractivity contribution in [1.29, 1.82) is 5.26 Å². The summed E-state index contributed by atoms with van der Waals surface area (Å²) < 4.78 is 4.48. The van der Waals surface area contributed by atoms with E-state index in [2.05, 4.69) is 123 Å². The van der Waals surface area contributed by atoms with Crippen molar-refractivity contribution < 1.29 is 0 Å². The SMILES string of the molecule is [C-]#[N+]c1cc(-n2c3ccccc3c3ccccc32)ccc1-c1nc(-c2ccccc2)nc(-c2ccc(-n3c4ccccc4c4ccccc43)cc2-c2cccc(C#N)c2)n1. The summed E-state index contributed by atoms with van der Waals surface area (Å²) >= 11 is 0. The van der Waals surface area contributed by atoms with E-state index in [1.807, 2.05) is 84.9 Å². The van der Waals surface area contributed by atoms with Gasteiger partial charge in [-0.2, -0.15) is 5.26 Å². The number of benzene rings is 8. The summed E-state index contributed by atoms with van der Waals surface area (Å²) in [6.45, 7) is 8.42. The lowest BCUT2D eigenvalue weighted by Gasteiger charge is -2.16. The topological polar surface area (TPSA) is 76.7 Å². The second-order valence-corrected chi connectivity index (χ2v) is 14.6. The summed E-state index contributed by atoms with van der Waals surface area (Å²) in [6.07, 6.45) is 0. The van der Waals surface area contributed by atoms with Crippen molar-refractivity contribution in [2.24, 2.45) is 0 Å². The van der Waals surface area contributed by atoms with Crippen LogP contribution in [-0.4, -0.2) is 24.1 Å². The van der Waals surface area contributed by atoms with Crippen molar-refractivity contribution >= 4 is 49.3 Å². The third kappa shape index (κ3) is 5.61. The Morgan fingerprint density at radius 1 is 0.417 bits per heavy atom. The molecule has 60 heavy (non-hydrogen) atoms. The van der Waals surface area contributed by atoms with Crippen LogP contribution in [0.4, 0.5) is 5.69 Å². The maximum absolute atomic E-state index is 9.98. The Balaban J connectivity index is 1.13. The van der Waals surface area contributed by atoms with Gasteiger partial charge in [0.1, 0.15) is 0 Å². The molecule has 7 nitrogen and oxygen atoms in total. The Labute approximate surface area is 345 Å². The first-order valence-electron chi connectivity index (χ1n) is 19.6. The zero-order valence-corrected chi connectivity index (χ0v) is 32.0. The molecule has 0 bridgehead atoms. The molecule has 0 amide bonds. The number of hydrogen-bond acceptors (Lipinski definition) is 4. The molecule has 0 aliphatic carbocycles. The Morgan fingerprint density at radius 3 is 1.43 bits per heavy atom. The Kier molecular flexibility index (Phi) is 8.11. The minimum atomic E-state index is 0.391. The second kappa shape index (κ2) is 14.1. The number of nitrogens with zero attached hydrogens (tertiary/aromatic N) is 7. The highest BCUT2D eigenvalue weighted by Crippen LogP contribution is 2.40. The van der Waals surface area contributed by atoms with Crippen LogP contribution in [0.2, 0.25) is 0 Å². The molecule has 0 atom stereocenters. The smallest absolute Gasteiger partial charge is 0.200 e. The molecule has 11 aromatic rings. The molecule has 3 heterocycles. The molecular formula is C53H31N7. The Hall–Kier alpha value is -8.65. The van der Waals surface area contributed by atoms with Gasteiger partial charge >= 0.3 is 0 Å². The fraction of sp³-hybridized carbons (Fsp3) is 0. The van der Waals surface area contributed by atoms with Gasteiger partial charge < -0.3 is 9.13 Å². The van der Waals surface area contributed by atoms with E-state index in [1.165, 1.54) is 10.8 Å². The van der Waals surface area contributed by atoms with Gasteiger partial charge in [0.05, 0.1) is 40.3 Å². The lowest BCUT2D eigenvalue weighted by molar-refractivity contribution is 1.07. The number of hydrogen-bond donors (Lipinski definition) is 0. The second-order valence-electron chi connectivity index (χ2n) is 14.6. The molecule has 0 radical (unpaired) electrons. The Morgan fingerprint density at radius 2 is 0.883 bits per heavy atom. The van der Waals surface area contributed by atoms with Gasteiger partial charge in [-0.3, -0.25) is 0 Å². The summed E-state index contributed by atoms with van der Waals surface area (Å²) in [5.74, 6) is 1.33. The third-order valence-corrected chi connectivity index (χ3v) is 11.2. The van der Waals surface area contributed by atoms with E-state index >= 15 is 0 Å². The van der Waals surface area contributed by atoms with Crippen LogP contribution in [-0.2, 0) is 0 Å². The zero-order chi connectivity index (χ0) is 40.2. The van der Waals surface area contributed by atoms with E-state index in [9.17, 15) is 5.26 Å². The first-order chi connectivity index (χ1) is 29.7. The minimum Gasteiger partial charge on any atom is -0.311 e. The van der Waals surface area contributed by atoms with Gasteiger partial charge in [0.2, 0.25) is 0 Å². The highest BCUT2D eigenvalue weighted by molar-refractivity contribution is 6.10. The number of rotatable bonds is 6. The lowest BCUT2D eigenvalue weighted by Crippen LogP contribution is -2.02. The number of aromatic nitrogens is 5. The summed E-state index contributed by atoms with van der Waals surface area (Å²) in [4.78, 5) is 19.4. The van der Waals surface area contributed by atoms with E-state index < -0.39 is 0 Å². The molecule has 278 valence electrons. The minimum absolute atomic E-state index is 0.391. The molecule has 0 fully saturated rings. The summed E-state index contributed by atoms with van der Waals surface area (Å²) in [5, 5.41) is 14.6. The maximum Gasteiger partial charge on any atom is 0.200 e. The van der Waals surface area contributed by atoms with E-state index in [0.29, 0.717) is 34.3 Å². The molecule has 0 unspecified atom stereocenters. The van der Waals surface area contributed by atoms with Gasteiger partial charge in [-0.25, -0.2) is 19.8 Å². The van der Waals surface area contributed by atoms with Gasteiger partial charge in [-0.05, 0) is 77.9 Å². The molecule has 0 aliphatic rings. The van der Waals surface area contributed by atoms with Crippen molar-refractivity contribution in [3.05, 3.63) is 205 Å². The summed E-state index contributed by atoms with van der Waals surface area (Å²) in [6, 6.07) is 65.6. The molecule has 8 aromatic carbocycles. The number of nitriles is 1. The van der Waals surface area contributed by atoms with Crippen LogP contribution in [0.5, 0.6) is 0 Å². The predicted molar refractivity (Wildman–Crippen MR) is 241 cm³/mol. The van der Waals surface area contributed by atoms with Crippen LogP contribution < -0.4 is 0 Å². The van der Waals surface area contributed by atoms with E-state index in [4.69, 9.17) is 21.5 Å². The Bertz CT molecular complexity index is 3480. The molecule has 7 heteroatoms. The van der Waals surface area contributed by atoms with E-state index in [1.54, 1.807) is 0 Å². The average molecular weight is 766 g/mol. The molecule has 0 saturated heterocycles. The first-order valence-corrected chi connectivity index (χ1v) is 19.6. The molecule has 11 rings (SSSR count). The maximum atomic E-state index is 9.98. The van der Waals surface area contributed by atoms with E-state index in [0.717, 1.165) is 66.5 Å². The first kappa shape index (κ1) is 34.6. The van der Waals surface area contributed by atoms with Crippen molar-refractivity contribution in [3.8, 4) is 62.7 Å². The number of para-hydroxylation sites is 4. The standard InChI is InChI=1S/C53H31N7/c1-55-46-32-38(60-49-24-11-7-20-41(49)42-21-8-12-25-50(42)60)27-29-44(46)53-57-51(35-15-3-2-4-16-35)56-52(58-53)43-28-26-37(31-45(43)36-17-13-14-34(30-36)33-54)59-47-22-9-5-18-39(47)40-19-6-10-23-48(40)59/h2-32H. The molecule has 0 aliphatic heterocycles. The monoisotopic (exact) mass is 765 g/mol. The lowest BCUT2D eigenvalue weighted by atomic mass is 9.96. The van der Waals surface area contributed by atoms with Gasteiger partial charge in [0.15, 0.2) is 23.2 Å². The van der Waals surface area contributed by atoms with Crippen molar-refractivity contribution in [1.82, 2.24) is 24.1 Å². The summed E-state index contributed by atoms with van der Waals surface area (Å²) in [7, 11) is 0. The van der Waals surface area contributed by atoms with Crippen molar-refractivity contribution in [3.63, 3.8) is 0 Å². The third-order valence-electron chi connectivity index (χ3n) is 11.2. The zero-order valence-electron chi connectivity index (χ0n) is 32.0. The fourth-order valence-corrected chi connectivity index (χ4v) is 8.54. The highest BCUT2D eigenvalue weighted by atomic mass is 15.0. The van der Waals surface area contributed by atoms with Gasteiger partial charge in [0.25, 0.3) is 0 Å². The van der Waals surface area contributed by atoms with Crippen LogP contribution >= 0.6 is 0 Å². The fourth-order valence-electron chi connectivity index (χ4n) is 8.54. The normalized spacial score (nSPS) is 11.3. The quantitative estimate of drug-likeness (QED) is 0.158. The van der Waals surface area contributed by atoms with Crippen LogP contribution in [0.3, 0.4) is 0 Å². The molecule has 3 aromatic heterocycles. The predicted octanol–water partition coefficient (Wildman–Crippen LogP) is 13.2. The highest BCUT2D eigenvalue weighted by Gasteiger charge is 2.21. The van der Waals surface area contributed by atoms with Crippen LogP contribution in [0.1, 0.15) is 5.56 Å². The van der Waals surface area contributed by atoms with Crippen LogP contribution in [0.15, 0.2) is 188 Å². The molecule has 0 N–H and O–H groups in total. The van der Waals surface area contributed by atoms with E-state index in [-0.39, 0.29) is 0 Å². The molecule has 0 spiro atoms. The average Bonchev–Trinajstić information content (AvgIpc) is 3.84. The summed E-state index contributed by atoms with van der Waals surface area (Å²) in [5.41, 5.74) is 11.0. The largest absolute Gasteiger partial charge is 0.311 e. The van der Waals surface area contributed by atoms with Gasteiger partial charge in [0, 0.05) is 49.6 Å². The van der Waals surface area contributed by atoms with Crippen molar-refractivity contribution in [2.75, 3.05) is 0 Å². The molecule has 0 saturated carbocycles. The van der Waals surface area contributed by atoms with Crippen LogP contribution in [0.25, 0.3) is 105 Å². The van der Waals surface area contributed by atoms with Gasteiger partial charge in [-0.15, -0.1) is 0 Å². The van der Waals surface area contributed by atoms with Crippen LogP contribution in [0, 0.1) is 17.9 Å². The number of fused-ring (bicyclic) bond motifs is 6. The van der Waals surface area contributed by atoms with Gasteiger partial charge in [-0.1, -0.05) is 121 Å².